The Morgan fingerprint density at radius 1 is 1.00 bits per heavy atom. The van der Waals surface area contributed by atoms with E-state index in [0.717, 1.165) is 59.4 Å². The van der Waals surface area contributed by atoms with Gasteiger partial charge in [-0.3, -0.25) is 10.1 Å². The Bertz CT molecular complexity index is 1340. The first kappa shape index (κ1) is 24.7. The number of hydrogen-bond donors (Lipinski definition) is 2. The fraction of sp³-hybridized carbons (Fsp3) is 0.333. The van der Waals surface area contributed by atoms with E-state index < -0.39 is 5.66 Å². The third-order valence-electron chi connectivity index (χ3n) is 7.73. The summed E-state index contributed by atoms with van der Waals surface area (Å²) < 4.78 is 11.1. The average molecular weight is 529 g/mol. The molecule has 0 saturated carbocycles. The summed E-state index contributed by atoms with van der Waals surface area (Å²) in [6.07, 6.45) is 2.23. The van der Waals surface area contributed by atoms with Crippen LogP contribution in [0, 0.1) is 6.92 Å². The van der Waals surface area contributed by atoms with Crippen molar-refractivity contribution < 1.29 is 14.3 Å². The topological polar surface area (TPSA) is 66.1 Å². The summed E-state index contributed by atoms with van der Waals surface area (Å²) in [6.45, 7) is 4.33. The SMILES string of the molecule is Cc1cccc(NC(=S)N2CCC3(CC2)NC(Cc2ccccc2)C(=O)N3Cc2ccc3c(c2)OCO3)c1. The molecule has 38 heavy (non-hydrogen) atoms. The van der Waals surface area contributed by atoms with Gasteiger partial charge in [-0.25, -0.2) is 0 Å². The van der Waals surface area contributed by atoms with Crippen LogP contribution in [0.2, 0.25) is 0 Å². The van der Waals surface area contributed by atoms with Crippen molar-refractivity contribution in [2.45, 2.75) is 44.4 Å². The van der Waals surface area contributed by atoms with Gasteiger partial charge in [0.15, 0.2) is 16.6 Å². The van der Waals surface area contributed by atoms with Gasteiger partial charge in [-0.1, -0.05) is 48.5 Å². The lowest BCUT2D eigenvalue weighted by atomic mass is 9.95. The second-order valence-electron chi connectivity index (χ2n) is 10.3. The molecule has 3 aromatic rings. The third-order valence-corrected chi connectivity index (χ3v) is 8.09. The van der Waals surface area contributed by atoms with Gasteiger partial charge >= 0.3 is 0 Å². The first-order valence-electron chi connectivity index (χ1n) is 13.1. The minimum absolute atomic E-state index is 0.139. The fourth-order valence-corrected chi connectivity index (χ4v) is 6.02. The van der Waals surface area contributed by atoms with Crippen LogP contribution in [0.3, 0.4) is 0 Å². The van der Waals surface area contributed by atoms with Crippen molar-refractivity contribution in [1.82, 2.24) is 15.1 Å². The fourth-order valence-electron chi connectivity index (χ4n) is 5.72. The molecule has 7 nitrogen and oxygen atoms in total. The molecule has 2 N–H and O–H groups in total. The standard InChI is InChI=1S/C30H32N4O3S/c1-21-6-5-9-24(16-21)31-29(38)33-14-12-30(13-15-33)32-25(17-22-7-3-2-4-8-22)28(35)34(30)19-23-10-11-26-27(18-23)37-20-36-26/h2-11,16,18,25,32H,12-15,17,19-20H2,1H3,(H,31,38). The van der Waals surface area contributed by atoms with Gasteiger partial charge in [-0.05, 0) is 66.5 Å². The number of rotatable bonds is 5. The molecular weight excluding hydrogens is 496 g/mol. The van der Waals surface area contributed by atoms with Crippen LogP contribution in [-0.2, 0) is 17.8 Å². The number of thiocarbonyl (C=S) groups is 1. The monoisotopic (exact) mass is 528 g/mol. The highest BCUT2D eigenvalue weighted by atomic mass is 32.1. The van der Waals surface area contributed by atoms with Gasteiger partial charge in [0.05, 0.1) is 11.7 Å². The normalized spacial score (nSPS) is 19.7. The summed E-state index contributed by atoms with van der Waals surface area (Å²) in [7, 11) is 0. The quantitative estimate of drug-likeness (QED) is 0.474. The molecule has 0 radical (unpaired) electrons. The molecule has 0 aromatic heterocycles. The van der Waals surface area contributed by atoms with Gasteiger partial charge in [0, 0.05) is 38.2 Å². The van der Waals surface area contributed by atoms with Crippen LogP contribution in [0.15, 0.2) is 72.8 Å². The highest BCUT2D eigenvalue weighted by Crippen LogP contribution is 2.37. The smallest absolute Gasteiger partial charge is 0.241 e. The van der Waals surface area contributed by atoms with Gasteiger partial charge in [0.1, 0.15) is 0 Å². The van der Waals surface area contributed by atoms with Crippen molar-refractivity contribution in [2.24, 2.45) is 0 Å². The Balaban J connectivity index is 1.20. The van der Waals surface area contributed by atoms with E-state index in [1.54, 1.807) is 0 Å². The number of carbonyl (C=O) groups is 1. The predicted molar refractivity (Wildman–Crippen MR) is 151 cm³/mol. The highest BCUT2D eigenvalue weighted by Gasteiger charge is 2.51. The molecule has 3 aromatic carbocycles. The van der Waals surface area contributed by atoms with Gasteiger partial charge < -0.3 is 24.6 Å². The van der Waals surface area contributed by atoms with Crippen LogP contribution < -0.4 is 20.1 Å². The molecule has 8 heteroatoms. The summed E-state index contributed by atoms with van der Waals surface area (Å²) in [5.41, 5.74) is 3.94. The molecule has 0 bridgehead atoms. The van der Waals surface area contributed by atoms with Crippen LogP contribution in [0.25, 0.3) is 0 Å². The number of fused-ring (bicyclic) bond motifs is 1. The van der Waals surface area contributed by atoms with Crippen LogP contribution >= 0.6 is 12.2 Å². The number of carbonyl (C=O) groups excluding carboxylic acids is 1. The molecule has 3 aliphatic heterocycles. The van der Waals surface area contributed by atoms with E-state index in [4.69, 9.17) is 21.7 Å². The number of nitrogens with zero attached hydrogens (tertiary/aromatic N) is 2. The molecule has 3 aliphatic rings. The molecule has 3 heterocycles. The minimum atomic E-state index is -0.428. The maximum Gasteiger partial charge on any atom is 0.241 e. The molecule has 1 amide bonds. The Labute approximate surface area is 228 Å². The molecule has 1 spiro atoms. The second kappa shape index (κ2) is 10.3. The number of nitrogens with one attached hydrogen (secondary N) is 2. The van der Waals surface area contributed by atoms with Crippen LogP contribution in [0.5, 0.6) is 11.5 Å². The number of anilines is 1. The molecule has 6 rings (SSSR count). The van der Waals surface area contributed by atoms with Gasteiger partial charge in [-0.2, -0.15) is 0 Å². The van der Waals surface area contributed by atoms with Crippen molar-refractivity contribution in [3.05, 3.63) is 89.5 Å². The zero-order valence-electron chi connectivity index (χ0n) is 21.5. The lowest BCUT2D eigenvalue weighted by Gasteiger charge is -2.45. The van der Waals surface area contributed by atoms with Gasteiger partial charge in [0.2, 0.25) is 12.7 Å². The number of hydrogen-bond acceptors (Lipinski definition) is 5. The number of aryl methyl sites for hydroxylation is 1. The lowest BCUT2D eigenvalue weighted by molar-refractivity contribution is -0.134. The summed E-state index contributed by atoms with van der Waals surface area (Å²) in [4.78, 5) is 18.1. The van der Waals surface area contributed by atoms with E-state index in [1.165, 1.54) is 5.56 Å². The van der Waals surface area contributed by atoms with E-state index in [-0.39, 0.29) is 18.7 Å². The van der Waals surface area contributed by atoms with E-state index in [1.807, 2.05) is 53.4 Å². The Hall–Kier alpha value is -3.62. The van der Waals surface area contributed by atoms with Crippen molar-refractivity contribution in [2.75, 3.05) is 25.2 Å². The predicted octanol–water partition coefficient (Wildman–Crippen LogP) is 4.46. The zero-order valence-corrected chi connectivity index (χ0v) is 22.3. The molecular formula is C30H32N4O3S. The zero-order chi connectivity index (χ0) is 26.1. The van der Waals surface area contributed by atoms with Gasteiger partial charge in [0.25, 0.3) is 0 Å². The number of likely N-dealkylation sites (tertiary alicyclic amines) is 1. The molecule has 2 saturated heterocycles. The van der Waals surface area contributed by atoms with E-state index in [9.17, 15) is 4.79 Å². The molecule has 196 valence electrons. The third kappa shape index (κ3) is 4.93. The average Bonchev–Trinajstić information content (AvgIpc) is 3.48. The van der Waals surface area contributed by atoms with Crippen LogP contribution in [0.4, 0.5) is 5.69 Å². The van der Waals surface area contributed by atoms with E-state index in [0.29, 0.717) is 13.0 Å². The van der Waals surface area contributed by atoms with Crippen molar-refractivity contribution in [1.29, 1.82) is 0 Å². The summed E-state index contributed by atoms with van der Waals surface area (Å²) in [5, 5.41) is 7.88. The molecule has 2 fully saturated rings. The maximum absolute atomic E-state index is 13.9. The first-order valence-corrected chi connectivity index (χ1v) is 13.5. The molecule has 0 aliphatic carbocycles. The largest absolute Gasteiger partial charge is 0.454 e. The Morgan fingerprint density at radius 3 is 2.58 bits per heavy atom. The number of amides is 1. The number of piperidine rings is 1. The second-order valence-corrected chi connectivity index (χ2v) is 10.7. The van der Waals surface area contributed by atoms with Crippen LogP contribution in [-0.4, -0.2) is 52.4 Å². The Morgan fingerprint density at radius 2 is 1.79 bits per heavy atom. The lowest BCUT2D eigenvalue weighted by Crippen LogP contribution is -2.59. The van der Waals surface area contributed by atoms with Crippen LogP contribution in [0.1, 0.15) is 29.5 Å². The minimum Gasteiger partial charge on any atom is -0.454 e. The van der Waals surface area contributed by atoms with E-state index >= 15 is 0 Å². The van der Waals surface area contributed by atoms with Crippen molar-refractivity contribution in [3.8, 4) is 11.5 Å². The van der Waals surface area contributed by atoms with E-state index in [2.05, 4.69) is 46.7 Å². The number of ether oxygens (including phenoxy) is 2. The van der Waals surface area contributed by atoms with Gasteiger partial charge in [-0.15, -0.1) is 0 Å². The first-order chi connectivity index (χ1) is 18.5. The maximum atomic E-state index is 13.9. The van der Waals surface area contributed by atoms with Crippen molar-refractivity contribution in [3.63, 3.8) is 0 Å². The number of benzene rings is 3. The highest BCUT2D eigenvalue weighted by molar-refractivity contribution is 7.80. The van der Waals surface area contributed by atoms with Crippen molar-refractivity contribution >= 4 is 28.9 Å². The molecule has 1 unspecified atom stereocenters. The molecule has 1 atom stereocenters. The summed E-state index contributed by atoms with van der Waals surface area (Å²) in [5.74, 6) is 1.62. The Kier molecular flexibility index (Phi) is 6.68. The summed E-state index contributed by atoms with van der Waals surface area (Å²) in [6, 6.07) is 24.1. The summed E-state index contributed by atoms with van der Waals surface area (Å²) >= 11 is 5.76.